The highest BCUT2D eigenvalue weighted by molar-refractivity contribution is 7.55. The number of halogens is 1. The van der Waals surface area contributed by atoms with E-state index in [0.717, 1.165) is 0 Å². The van der Waals surface area contributed by atoms with Crippen LogP contribution in [0.15, 0.2) is 109 Å². The number of non-ortho nitro benzene ring substituents is 1. The van der Waals surface area contributed by atoms with Gasteiger partial charge in [-0.15, -0.1) is 0 Å². The molecule has 0 heterocycles. The summed E-state index contributed by atoms with van der Waals surface area (Å²) in [6.45, 7) is 0. The first-order chi connectivity index (χ1) is 16.4. The molecule has 0 spiro atoms. The van der Waals surface area contributed by atoms with E-state index in [1.165, 1.54) is 24.3 Å². The van der Waals surface area contributed by atoms with Gasteiger partial charge in [-0.25, -0.2) is 4.57 Å². The second kappa shape index (κ2) is 10.4. The Bertz CT molecular complexity index is 1260. The molecule has 1 atom stereocenters. The van der Waals surface area contributed by atoms with E-state index >= 15 is 0 Å². The minimum Gasteiger partial charge on any atom is -0.414 e. The van der Waals surface area contributed by atoms with Crippen LogP contribution in [0.3, 0.4) is 0 Å². The summed E-state index contributed by atoms with van der Waals surface area (Å²) in [5.74, 6) is -0.336. The second-order valence-electron chi connectivity index (χ2n) is 7.22. The number of nitro groups is 1. The van der Waals surface area contributed by atoms with E-state index in [4.69, 9.17) is 20.6 Å². The van der Waals surface area contributed by atoms with Crippen LogP contribution in [0.2, 0.25) is 5.02 Å². The second-order valence-corrected chi connectivity index (χ2v) is 9.59. The molecule has 0 aliphatic heterocycles. The third-order valence-electron chi connectivity index (χ3n) is 4.85. The van der Waals surface area contributed by atoms with Crippen molar-refractivity contribution in [2.24, 2.45) is 0 Å². The molecule has 172 valence electrons. The lowest BCUT2D eigenvalue weighted by Crippen LogP contribution is -2.18. The molecule has 4 rings (SSSR count). The molecule has 4 aromatic rings. The van der Waals surface area contributed by atoms with Gasteiger partial charge in [0.15, 0.2) is 5.78 Å². The van der Waals surface area contributed by atoms with E-state index in [9.17, 15) is 14.7 Å². The number of para-hydroxylation sites is 2. The normalized spacial score (nSPS) is 11.9. The number of nitrogens with zero attached hydrogens (tertiary/aromatic N) is 1. The van der Waals surface area contributed by atoms with Crippen molar-refractivity contribution in [1.29, 1.82) is 0 Å². The van der Waals surface area contributed by atoms with Crippen LogP contribution in [0.4, 0.5) is 11.4 Å². The van der Waals surface area contributed by atoms with Gasteiger partial charge in [-0.3, -0.25) is 10.1 Å². The fourth-order valence-electron chi connectivity index (χ4n) is 3.24. The Kier molecular flexibility index (Phi) is 7.16. The van der Waals surface area contributed by atoms with Gasteiger partial charge >= 0.3 is 7.60 Å². The van der Waals surface area contributed by atoms with Gasteiger partial charge in [-0.1, -0.05) is 66.2 Å². The molecule has 1 N–H and O–H groups in total. The molecule has 0 aromatic heterocycles. The van der Waals surface area contributed by atoms with E-state index in [1.54, 1.807) is 72.8 Å². The predicted octanol–water partition coefficient (Wildman–Crippen LogP) is 7.71. The molecule has 0 aliphatic carbocycles. The quantitative estimate of drug-likeness (QED) is 0.145. The summed E-state index contributed by atoms with van der Waals surface area (Å²) in [5.41, 5.74) is 0.894. The maximum Gasteiger partial charge on any atom is 0.457 e. The zero-order chi connectivity index (χ0) is 24.0. The van der Waals surface area contributed by atoms with Crippen molar-refractivity contribution in [3.8, 4) is 11.5 Å². The van der Waals surface area contributed by atoms with Crippen molar-refractivity contribution in [2.45, 2.75) is 5.78 Å². The first-order valence-corrected chi connectivity index (χ1v) is 12.3. The molecule has 0 radical (unpaired) electrons. The highest BCUT2D eigenvalue weighted by Gasteiger charge is 2.42. The van der Waals surface area contributed by atoms with E-state index in [1.807, 2.05) is 12.1 Å². The summed E-state index contributed by atoms with van der Waals surface area (Å²) in [7, 11) is -4.05. The molecule has 0 bridgehead atoms. The number of benzene rings is 4. The van der Waals surface area contributed by atoms with E-state index < -0.39 is 18.3 Å². The Morgan fingerprint density at radius 3 is 1.76 bits per heavy atom. The van der Waals surface area contributed by atoms with Gasteiger partial charge in [0.25, 0.3) is 5.69 Å². The van der Waals surface area contributed by atoms with Crippen molar-refractivity contribution in [2.75, 3.05) is 5.32 Å². The molecule has 4 aromatic carbocycles. The topological polar surface area (TPSA) is 90.7 Å². The Morgan fingerprint density at radius 1 is 0.765 bits per heavy atom. The number of rotatable bonds is 9. The number of anilines is 1. The summed E-state index contributed by atoms with van der Waals surface area (Å²) in [6, 6.07) is 30.1. The van der Waals surface area contributed by atoms with Gasteiger partial charge in [0.2, 0.25) is 0 Å². The Balaban J connectivity index is 1.80. The molecule has 1 unspecified atom stereocenters. The van der Waals surface area contributed by atoms with Gasteiger partial charge in [0, 0.05) is 28.4 Å². The molecule has 0 fully saturated rings. The lowest BCUT2D eigenvalue weighted by Gasteiger charge is -2.29. The lowest BCUT2D eigenvalue weighted by atomic mass is 10.2. The van der Waals surface area contributed by atoms with Crippen molar-refractivity contribution < 1.29 is 18.5 Å². The molecule has 34 heavy (non-hydrogen) atoms. The minimum atomic E-state index is -4.05. The molecule has 0 aliphatic rings. The Labute approximate surface area is 201 Å². The number of nitrogens with one attached hydrogen (secondary N) is 1. The summed E-state index contributed by atoms with van der Waals surface area (Å²) in [6.07, 6.45) is 0. The SMILES string of the molecule is O=[N+]([O-])c1ccc(NC(c2ccccc2Cl)P(=O)(Oc2ccccc2)Oc2ccccc2)cc1. The summed E-state index contributed by atoms with van der Waals surface area (Å²) < 4.78 is 26.5. The van der Waals surface area contributed by atoms with Gasteiger partial charge in [0.05, 0.1) is 4.92 Å². The van der Waals surface area contributed by atoms with Crippen molar-refractivity contribution >= 4 is 30.6 Å². The molecule has 0 saturated heterocycles. The van der Waals surface area contributed by atoms with Crippen molar-refractivity contribution in [3.63, 3.8) is 0 Å². The van der Waals surface area contributed by atoms with Crippen LogP contribution in [-0.2, 0) is 4.57 Å². The maximum absolute atomic E-state index is 14.5. The summed E-state index contributed by atoms with van der Waals surface area (Å²) >= 11 is 6.50. The third kappa shape index (κ3) is 5.57. The number of nitro benzene ring substituents is 1. The van der Waals surface area contributed by atoms with Crippen molar-refractivity contribution in [3.05, 3.63) is 130 Å². The van der Waals surface area contributed by atoms with Crippen LogP contribution in [-0.4, -0.2) is 4.92 Å². The first-order valence-electron chi connectivity index (χ1n) is 10.3. The van der Waals surface area contributed by atoms with Gasteiger partial charge in [-0.2, -0.15) is 0 Å². The average molecular weight is 495 g/mol. The fourth-order valence-corrected chi connectivity index (χ4v) is 5.52. The largest absolute Gasteiger partial charge is 0.457 e. The van der Waals surface area contributed by atoms with Gasteiger partial charge in [-0.05, 0) is 42.5 Å². The van der Waals surface area contributed by atoms with E-state index in [0.29, 0.717) is 27.8 Å². The lowest BCUT2D eigenvalue weighted by molar-refractivity contribution is -0.384. The first kappa shape index (κ1) is 23.4. The molecule has 9 heteroatoms. The van der Waals surface area contributed by atoms with Crippen molar-refractivity contribution in [1.82, 2.24) is 0 Å². The smallest absolute Gasteiger partial charge is 0.414 e. The Morgan fingerprint density at radius 2 is 1.26 bits per heavy atom. The predicted molar refractivity (Wildman–Crippen MR) is 133 cm³/mol. The molecule has 7 nitrogen and oxygen atoms in total. The Hall–Kier alpha value is -3.80. The monoisotopic (exact) mass is 494 g/mol. The molecular weight excluding hydrogens is 475 g/mol. The van der Waals surface area contributed by atoms with Crippen LogP contribution in [0.25, 0.3) is 0 Å². The fraction of sp³-hybridized carbons (Fsp3) is 0.0400. The van der Waals surface area contributed by atoms with Gasteiger partial charge in [0.1, 0.15) is 11.5 Å². The molecular formula is C25H20ClN2O5P. The van der Waals surface area contributed by atoms with Crippen LogP contribution < -0.4 is 14.4 Å². The summed E-state index contributed by atoms with van der Waals surface area (Å²) in [4.78, 5) is 10.6. The van der Waals surface area contributed by atoms with Crippen LogP contribution in [0.1, 0.15) is 11.3 Å². The minimum absolute atomic E-state index is 0.0657. The van der Waals surface area contributed by atoms with Crippen LogP contribution in [0, 0.1) is 10.1 Å². The van der Waals surface area contributed by atoms with Crippen LogP contribution in [0.5, 0.6) is 11.5 Å². The van der Waals surface area contributed by atoms with Crippen LogP contribution >= 0.6 is 19.2 Å². The summed E-state index contributed by atoms with van der Waals surface area (Å²) in [5, 5.41) is 14.6. The van der Waals surface area contributed by atoms with E-state index in [2.05, 4.69) is 5.32 Å². The maximum atomic E-state index is 14.5. The highest BCUT2D eigenvalue weighted by Crippen LogP contribution is 2.61. The molecule has 0 amide bonds. The van der Waals surface area contributed by atoms with Gasteiger partial charge < -0.3 is 14.4 Å². The third-order valence-corrected chi connectivity index (χ3v) is 7.16. The average Bonchev–Trinajstić information content (AvgIpc) is 2.84. The van der Waals surface area contributed by atoms with E-state index in [-0.39, 0.29) is 5.69 Å². The highest BCUT2D eigenvalue weighted by atomic mass is 35.5. The molecule has 0 saturated carbocycles. The zero-order valence-electron chi connectivity index (χ0n) is 17.8. The number of hydrogen-bond acceptors (Lipinski definition) is 6. The standard InChI is InChI=1S/C25H20ClN2O5P/c26-24-14-8-7-13-23(24)25(27-19-15-17-20(18-16-19)28(29)30)34(31,32-21-9-3-1-4-10-21)33-22-11-5-2-6-12-22/h1-18,25,27H. The zero-order valence-corrected chi connectivity index (χ0v) is 19.4. The number of hydrogen-bond donors (Lipinski definition) is 1.